The highest BCUT2D eigenvalue weighted by Gasteiger charge is 2.12. The first kappa shape index (κ1) is 12.3. The number of anilines is 1. The van der Waals surface area contributed by atoms with Crippen molar-refractivity contribution in [3.05, 3.63) is 46.3 Å². The zero-order chi connectivity index (χ0) is 13.1. The van der Waals surface area contributed by atoms with E-state index in [1.807, 2.05) is 0 Å². The lowest BCUT2D eigenvalue weighted by Crippen LogP contribution is -1.95. The van der Waals surface area contributed by atoms with Gasteiger partial charge in [-0.2, -0.15) is 5.26 Å². The molecule has 0 saturated heterocycles. The molecule has 0 aliphatic heterocycles. The summed E-state index contributed by atoms with van der Waals surface area (Å²) in [6.45, 7) is 0. The van der Waals surface area contributed by atoms with E-state index in [1.165, 1.54) is 24.4 Å². The number of rotatable bonds is 2. The molecule has 2 rings (SSSR count). The van der Waals surface area contributed by atoms with Crippen LogP contribution >= 0.6 is 15.9 Å². The first-order chi connectivity index (χ1) is 8.61. The third kappa shape index (κ3) is 2.41. The highest BCUT2D eigenvalue weighted by atomic mass is 79.9. The molecule has 0 fully saturated rings. The molecule has 1 aromatic carbocycles. The second-order valence-electron chi connectivity index (χ2n) is 3.38. The minimum absolute atomic E-state index is 0.107. The maximum atomic E-state index is 13.4. The Balaban J connectivity index is 2.41. The number of aromatic nitrogens is 1. The predicted octanol–water partition coefficient (Wildman–Crippen LogP) is 3.23. The summed E-state index contributed by atoms with van der Waals surface area (Å²) in [7, 11) is 0. The molecule has 18 heavy (non-hydrogen) atoms. The number of pyridine rings is 1. The number of halogens is 2. The molecule has 0 radical (unpaired) electrons. The zero-order valence-electron chi connectivity index (χ0n) is 9.02. The van der Waals surface area contributed by atoms with Crippen molar-refractivity contribution in [2.24, 2.45) is 0 Å². The summed E-state index contributed by atoms with van der Waals surface area (Å²) in [5, 5.41) is 8.87. The Bertz CT molecular complexity index is 640. The number of nitriles is 1. The van der Waals surface area contributed by atoms with Crippen molar-refractivity contribution in [2.75, 3.05) is 5.73 Å². The van der Waals surface area contributed by atoms with Crippen molar-refractivity contribution >= 4 is 21.6 Å². The van der Waals surface area contributed by atoms with Gasteiger partial charge < -0.3 is 10.5 Å². The predicted molar refractivity (Wildman–Crippen MR) is 67.5 cm³/mol. The lowest BCUT2D eigenvalue weighted by atomic mass is 10.2. The van der Waals surface area contributed by atoms with Gasteiger partial charge in [0.15, 0.2) is 0 Å². The number of benzene rings is 1. The fourth-order valence-electron chi connectivity index (χ4n) is 1.32. The average Bonchev–Trinajstić information content (AvgIpc) is 2.33. The summed E-state index contributed by atoms with van der Waals surface area (Å²) < 4.78 is 19.3. The van der Waals surface area contributed by atoms with Gasteiger partial charge in [-0.3, -0.25) is 0 Å². The molecule has 90 valence electrons. The molecule has 0 atom stereocenters. The van der Waals surface area contributed by atoms with Crippen LogP contribution in [0, 0.1) is 17.1 Å². The van der Waals surface area contributed by atoms with Gasteiger partial charge in [0.1, 0.15) is 23.2 Å². The van der Waals surface area contributed by atoms with Gasteiger partial charge in [0, 0.05) is 0 Å². The molecule has 1 aromatic heterocycles. The number of nitrogen functional groups attached to an aromatic ring is 1. The molecule has 4 nitrogen and oxygen atoms in total. The van der Waals surface area contributed by atoms with Crippen LogP contribution in [0.25, 0.3) is 0 Å². The molecular weight excluding hydrogens is 301 g/mol. The Labute approximate surface area is 111 Å². The highest BCUT2D eigenvalue weighted by Crippen LogP contribution is 2.31. The summed E-state index contributed by atoms with van der Waals surface area (Å²) in [5.41, 5.74) is 5.84. The molecule has 2 N–H and O–H groups in total. The molecule has 0 aliphatic carbocycles. The molecule has 6 heteroatoms. The molecule has 2 aromatic rings. The lowest BCUT2D eigenvalue weighted by molar-refractivity contribution is 0.453. The fourth-order valence-corrected chi connectivity index (χ4v) is 1.76. The van der Waals surface area contributed by atoms with Crippen LogP contribution < -0.4 is 10.5 Å². The van der Waals surface area contributed by atoms with Crippen molar-refractivity contribution in [1.82, 2.24) is 4.98 Å². The molecule has 0 saturated carbocycles. The second kappa shape index (κ2) is 5.02. The number of nitrogens with zero attached hydrogens (tertiary/aromatic N) is 2. The standard InChI is InChI=1S/C12H7BrFN3O/c13-9-4-7(16)6-17-12(9)18-11-3-1-2-10(14)8(11)5-15/h1-4,6H,16H2. The van der Waals surface area contributed by atoms with Gasteiger partial charge in [0.25, 0.3) is 0 Å². The minimum Gasteiger partial charge on any atom is -0.436 e. The van der Waals surface area contributed by atoms with Crippen molar-refractivity contribution in [3.8, 4) is 17.7 Å². The Morgan fingerprint density at radius 2 is 2.22 bits per heavy atom. The third-order valence-electron chi connectivity index (χ3n) is 2.12. The number of nitrogens with two attached hydrogens (primary N) is 1. The quantitative estimate of drug-likeness (QED) is 0.924. The van der Waals surface area contributed by atoms with Gasteiger partial charge in [0.2, 0.25) is 5.88 Å². The molecule has 0 spiro atoms. The third-order valence-corrected chi connectivity index (χ3v) is 2.69. The smallest absolute Gasteiger partial charge is 0.233 e. The van der Waals surface area contributed by atoms with E-state index in [9.17, 15) is 4.39 Å². The zero-order valence-corrected chi connectivity index (χ0v) is 10.6. The number of ether oxygens (including phenoxy) is 1. The van der Waals surface area contributed by atoms with E-state index in [1.54, 1.807) is 12.1 Å². The van der Waals surface area contributed by atoms with Gasteiger partial charge >= 0.3 is 0 Å². The van der Waals surface area contributed by atoms with Crippen LogP contribution in [0.5, 0.6) is 11.6 Å². The van der Waals surface area contributed by atoms with Crippen LogP contribution in [0.4, 0.5) is 10.1 Å². The summed E-state index contributed by atoms with van der Waals surface area (Å²) in [6, 6.07) is 7.49. The van der Waals surface area contributed by atoms with Crippen molar-refractivity contribution < 1.29 is 9.13 Å². The van der Waals surface area contributed by atoms with Gasteiger partial charge in [-0.1, -0.05) is 6.07 Å². The summed E-state index contributed by atoms with van der Waals surface area (Å²) in [6.07, 6.45) is 1.41. The summed E-state index contributed by atoms with van der Waals surface area (Å²) in [4.78, 5) is 3.95. The van der Waals surface area contributed by atoms with Gasteiger partial charge in [-0.15, -0.1) is 0 Å². The van der Waals surface area contributed by atoms with Crippen LogP contribution in [0.1, 0.15) is 5.56 Å². The van der Waals surface area contributed by atoms with Crippen LogP contribution in [0.2, 0.25) is 0 Å². The SMILES string of the molecule is N#Cc1c(F)cccc1Oc1ncc(N)cc1Br. The highest BCUT2D eigenvalue weighted by molar-refractivity contribution is 9.10. The van der Waals surface area contributed by atoms with Crippen molar-refractivity contribution in [2.45, 2.75) is 0 Å². The Morgan fingerprint density at radius 3 is 2.89 bits per heavy atom. The second-order valence-corrected chi connectivity index (χ2v) is 4.24. The first-order valence-corrected chi connectivity index (χ1v) is 5.68. The van der Waals surface area contributed by atoms with Crippen LogP contribution in [-0.4, -0.2) is 4.98 Å². The van der Waals surface area contributed by atoms with Gasteiger partial charge in [0.05, 0.1) is 16.4 Å². The van der Waals surface area contributed by atoms with E-state index in [-0.39, 0.29) is 17.2 Å². The van der Waals surface area contributed by atoms with E-state index < -0.39 is 5.82 Å². The molecule has 0 aliphatic rings. The molecule has 0 amide bonds. The van der Waals surface area contributed by atoms with Crippen LogP contribution in [-0.2, 0) is 0 Å². The van der Waals surface area contributed by atoms with Crippen molar-refractivity contribution in [3.63, 3.8) is 0 Å². The molecular formula is C12H7BrFN3O. The number of hydrogen-bond acceptors (Lipinski definition) is 4. The van der Waals surface area contributed by atoms with Gasteiger partial charge in [-0.25, -0.2) is 9.37 Å². The fraction of sp³-hybridized carbons (Fsp3) is 0. The van der Waals surface area contributed by atoms with E-state index in [2.05, 4.69) is 20.9 Å². The summed E-state index contributed by atoms with van der Waals surface area (Å²) >= 11 is 3.23. The van der Waals surface area contributed by atoms with Crippen molar-refractivity contribution in [1.29, 1.82) is 5.26 Å². The summed E-state index contributed by atoms with van der Waals surface area (Å²) in [5.74, 6) is -0.316. The maximum absolute atomic E-state index is 13.4. The van der Waals surface area contributed by atoms with Crippen LogP contribution in [0.3, 0.4) is 0 Å². The Kier molecular flexibility index (Phi) is 3.44. The molecule has 1 heterocycles. The Hall–Kier alpha value is -2.13. The van der Waals surface area contributed by atoms with E-state index in [0.29, 0.717) is 10.2 Å². The first-order valence-electron chi connectivity index (χ1n) is 4.89. The topological polar surface area (TPSA) is 71.9 Å². The Morgan fingerprint density at radius 1 is 1.44 bits per heavy atom. The monoisotopic (exact) mass is 307 g/mol. The average molecular weight is 308 g/mol. The van der Waals surface area contributed by atoms with Gasteiger partial charge in [-0.05, 0) is 34.1 Å². The minimum atomic E-state index is -0.637. The largest absolute Gasteiger partial charge is 0.436 e. The lowest BCUT2D eigenvalue weighted by Gasteiger charge is -2.08. The van der Waals surface area contributed by atoms with E-state index >= 15 is 0 Å². The number of hydrogen-bond donors (Lipinski definition) is 1. The van der Waals surface area contributed by atoms with Crippen LogP contribution in [0.15, 0.2) is 34.9 Å². The normalized spacial score (nSPS) is 9.83. The molecule has 0 unspecified atom stereocenters. The van der Waals surface area contributed by atoms with E-state index in [4.69, 9.17) is 15.7 Å². The molecule has 0 bridgehead atoms. The van der Waals surface area contributed by atoms with E-state index in [0.717, 1.165) is 0 Å². The maximum Gasteiger partial charge on any atom is 0.233 e.